The normalized spacial score (nSPS) is 13.9. The van der Waals surface area contributed by atoms with Crippen LogP contribution in [0.1, 0.15) is 18.5 Å². The lowest BCUT2D eigenvalue weighted by atomic mass is 10.1. The van der Waals surface area contributed by atoms with Crippen LogP contribution in [-0.4, -0.2) is 40.0 Å². The van der Waals surface area contributed by atoms with E-state index < -0.39 is 9.84 Å². The van der Waals surface area contributed by atoms with Crippen molar-refractivity contribution in [1.29, 1.82) is 0 Å². The molecule has 0 bridgehead atoms. The van der Waals surface area contributed by atoms with Gasteiger partial charge in [-0.05, 0) is 24.6 Å². The third-order valence-corrected chi connectivity index (χ3v) is 4.28. The van der Waals surface area contributed by atoms with Gasteiger partial charge in [-0.1, -0.05) is 29.3 Å². The van der Waals surface area contributed by atoms with Crippen molar-refractivity contribution in [2.75, 3.05) is 25.6 Å². The van der Waals surface area contributed by atoms with Crippen molar-refractivity contribution in [1.82, 2.24) is 10.6 Å². The fraction of sp³-hybridized carbons (Fsp3) is 0.462. The number of hydrogen-bond donors (Lipinski definition) is 2. The topological polar surface area (TPSA) is 70.6 Å². The molecule has 0 heterocycles. The van der Waals surface area contributed by atoms with E-state index in [2.05, 4.69) is 15.6 Å². The Morgan fingerprint density at radius 1 is 1.38 bits per heavy atom. The highest BCUT2D eigenvalue weighted by Crippen LogP contribution is 2.25. The Kier molecular flexibility index (Phi) is 6.77. The molecule has 1 unspecified atom stereocenters. The predicted molar refractivity (Wildman–Crippen MR) is 89.1 cm³/mol. The van der Waals surface area contributed by atoms with Crippen LogP contribution in [0.3, 0.4) is 0 Å². The van der Waals surface area contributed by atoms with Crippen molar-refractivity contribution in [3.05, 3.63) is 33.8 Å². The number of hydrogen-bond acceptors (Lipinski definition) is 3. The zero-order valence-electron chi connectivity index (χ0n) is 12.2. The second-order valence-corrected chi connectivity index (χ2v) is 7.76. The minimum absolute atomic E-state index is 0.0454. The summed E-state index contributed by atoms with van der Waals surface area (Å²) < 4.78 is 22.2. The van der Waals surface area contributed by atoms with E-state index in [1.54, 1.807) is 19.2 Å². The number of nitrogens with one attached hydrogen (secondary N) is 2. The summed E-state index contributed by atoms with van der Waals surface area (Å²) >= 11 is 12.0. The van der Waals surface area contributed by atoms with Gasteiger partial charge in [0.1, 0.15) is 9.84 Å². The van der Waals surface area contributed by atoms with Crippen LogP contribution in [0.5, 0.6) is 0 Å². The van der Waals surface area contributed by atoms with Crippen LogP contribution in [0.15, 0.2) is 23.2 Å². The van der Waals surface area contributed by atoms with Crippen molar-refractivity contribution in [2.24, 2.45) is 4.99 Å². The van der Waals surface area contributed by atoms with Gasteiger partial charge < -0.3 is 10.6 Å². The first kappa shape index (κ1) is 18.1. The van der Waals surface area contributed by atoms with Gasteiger partial charge in [-0.2, -0.15) is 0 Å². The molecule has 0 radical (unpaired) electrons. The van der Waals surface area contributed by atoms with E-state index in [0.29, 0.717) is 22.5 Å². The number of nitrogens with zero attached hydrogens (tertiary/aromatic N) is 1. The Morgan fingerprint density at radius 2 is 2.05 bits per heavy atom. The minimum atomic E-state index is -3.00. The molecule has 1 atom stereocenters. The zero-order valence-corrected chi connectivity index (χ0v) is 14.5. The Morgan fingerprint density at radius 3 is 2.57 bits per heavy atom. The Hall–Kier alpha value is -0.980. The maximum atomic E-state index is 11.1. The first-order valence-electron chi connectivity index (χ1n) is 6.33. The second kappa shape index (κ2) is 7.87. The highest BCUT2D eigenvalue weighted by molar-refractivity contribution is 7.90. The SMILES string of the molecule is CN=C(NCCS(C)(=O)=O)NC(C)c1ccc(Cl)cc1Cl. The lowest BCUT2D eigenvalue weighted by Gasteiger charge is -2.19. The first-order chi connectivity index (χ1) is 9.73. The number of guanidine groups is 1. The van der Waals surface area contributed by atoms with Gasteiger partial charge in [0.2, 0.25) is 0 Å². The molecule has 0 saturated carbocycles. The number of halogens is 2. The molecule has 0 aliphatic carbocycles. The summed E-state index contributed by atoms with van der Waals surface area (Å²) in [4.78, 5) is 4.05. The summed E-state index contributed by atoms with van der Waals surface area (Å²) in [5.41, 5.74) is 0.882. The molecule has 118 valence electrons. The average Bonchev–Trinajstić information content (AvgIpc) is 2.35. The Labute approximate surface area is 135 Å². The summed E-state index contributed by atoms with van der Waals surface area (Å²) in [6, 6.07) is 5.18. The van der Waals surface area contributed by atoms with Crippen molar-refractivity contribution in [2.45, 2.75) is 13.0 Å². The van der Waals surface area contributed by atoms with E-state index in [4.69, 9.17) is 23.2 Å². The smallest absolute Gasteiger partial charge is 0.191 e. The molecule has 1 aromatic rings. The number of sulfone groups is 1. The van der Waals surface area contributed by atoms with Crippen LogP contribution in [0, 0.1) is 0 Å². The summed E-state index contributed by atoms with van der Waals surface area (Å²) in [5.74, 6) is 0.557. The molecular formula is C13H19Cl2N3O2S. The van der Waals surface area contributed by atoms with Crippen molar-refractivity contribution < 1.29 is 8.42 Å². The molecule has 0 aliphatic heterocycles. The van der Waals surface area contributed by atoms with Crippen LogP contribution in [0.4, 0.5) is 0 Å². The largest absolute Gasteiger partial charge is 0.355 e. The highest BCUT2D eigenvalue weighted by Gasteiger charge is 2.12. The van der Waals surface area contributed by atoms with Crippen LogP contribution in [0.25, 0.3) is 0 Å². The van der Waals surface area contributed by atoms with E-state index in [-0.39, 0.29) is 11.8 Å². The number of benzene rings is 1. The van der Waals surface area contributed by atoms with Gasteiger partial charge in [0.25, 0.3) is 0 Å². The standard InChI is InChI=1S/C13H19Cl2N3O2S/c1-9(11-5-4-10(14)8-12(11)15)18-13(16-2)17-6-7-21(3,19)20/h4-5,8-9H,6-7H2,1-3H3,(H2,16,17,18). The van der Waals surface area contributed by atoms with Crippen LogP contribution in [0.2, 0.25) is 10.0 Å². The van der Waals surface area contributed by atoms with Crippen molar-refractivity contribution in [3.63, 3.8) is 0 Å². The Bertz CT molecular complexity index is 618. The number of rotatable bonds is 5. The molecule has 0 aromatic heterocycles. The molecule has 8 heteroatoms. The van der Waals surface area contributed by atoms with Gasteiger partial charge in [-0.3, -0.25) is 4.99 Å². The molecule has 0 fully saturated rings. The third kappa shape index (κ3) is 6.54. The van der Waals surface area contributed by atoms with Crippen molar-refractivity contribution >= 4 is 39.0 Å². The summed E-state index contributed by atoms with van der Waals surface area (Å²) in [5, 5.41) is 7.23. The lowest BCUT2D eigenvalue weighted by Crippen LogP contribution is -2.40. The van der Waals surface area contributed by atoms with Gasteiger partial charge in [0.15, 0.2) is 5.96 Å². The minimum Gasteiger partial charge on any atom is -0.355 e. The summed E-state index contributed by atoms with van der Waals surface area (Å²) in [7, 11) is -1.38. The average molecular weight is 352 g/mol. The molecule has 0 amide bonds. The quantitative estimate of drug-likeness (QED) is 0.630. The molecule has 0 saturated heterocycles. The van der Waals surface area contributed by atoms with Crippen LogP contribution in [-0.2, 0) is 9.84 Å². The molecule has 2 N–H and O–H groups in total. The fourth-order valence-electron chi connectivity index (χ4n) is 1.68. The predicted octanol–water partition coefficient (Wildman–Crippen LogP) is 2.26. The molecule has 1 rings (SSSR count). The van der Waals surface area contributed by atoms with Gasteiger partial charge >= 0.3 is 0 Å². The lowest BCUT2D eigenvalue weighted by molar-refractivity contribution is 0.600. The molecular weight excluding hydrogens is 333 g/mol. The van der Waals surface area contributed by atoms with Gasteiger partial charge in [-0.25, -0.2) is 8.42 Å². The van der Waals surface area contributed by atoms with E-state index in [9.17, 15) is 8.42 Å². The Balaban J connectivity index is 2.64. The van der Waals surface area contributed by atoms with E-state index in [0.717, 1.165) is 5.56 Å². The number of aliphatic imine (C=N–C) groups is 1. The van der Waals surface area contributed by atoms with Crippen molar-refractivity contribution in [3.8, 4) is 0 Å². The molecule has 0 aliphatic rings. The highest BCUT2D eigenvalue weighted by atomic mass is 35.5. The first-order valence-corrected chi connectivity index (χ1v) is 9.14. The van der Waals surface area contributed by atoms with Crippen LogP contribution < -0.4 is 10.6 Å². The van der Waals surface area contributed by atoms with Gasteiger partial charge in [-0.15, -0.1) is 0 Å². The zero-order chi connectivity index (χ0) is 16.0. The molecule has 21 heavy (non-hydrogen) atoms. The maximum Gasteiger partial charge on any atom is 0.191 e. The third-order valence-electron chi connectivity index (χ3n) is 2.77. The second-order valence-electron chi connectivity index (χ2n) is 4.66. The molecule has 0 spiro atoms. The van der Waals surface area contributed by atoms with E-state index >= 15 is 0 Å². The summed E-state index contributed by atoms with van der Waals surface area (Å²) in [6.07, 6.45) is 1.20. The maximum absolute atomic E-state index is 11.1. The van der Waals surface area contributed by atoms with E-state index in [1.807, 2.05) is 13.0 Å². The monoisotopic (exact) mass is 351 g/mol. The molecule has 5 nitrogen and oxygen atoms in total. The van der Waals surface area contributed by atoms with E-state index in [1.165, 1.54) is 6.26 Å². The fourth-order valence-corrected chi connectivity index (χ4v) is 2.73. The van der Waals surface area contributed by atoms with Crippen LogP contribution >= 0.6 is 23.2 Å². The van der Waals surface area contributed by atoms with Gasteiger partial charge in [0, 0.05) is 29.9 Å². The molecule has 1 aromatic carbocycles. The van der Waals surface area contributed by atoms with Gasteiger partial charge in [0.05, 0.1) is 11.8 Å². The summed E-state index contributed by atoms with van der Waals surface area (Å²) in [6.45, 7) is 2.22.